The molecule has 2 amide bonds. The van der Waals surface area contributed by atoms with Gasteiger partial charge in [0.15, 0.2) is 12.3 Å². The number of hydrogen-bond donors (Lipinski definition) is 2. The van der Waals surface area contributed by atoms with Gasteiger partial charge in [-0.15, -0.1) is 0 Å². The Morgan fingerprint density at radius 1 is 1.07 bits per heavy atom. The predicted octanol–water partition coefficient (Wildman–Crippen LogP) is 1.39. The van der Waals surface area contributed by atoms with Crippen LogP contribution in [0.2, 0.25) is 0 Å². The van der Waals surface area contributed by atoms with Crippen LogP contribution in [0.15, 0.2) is 47.3 Å². The number of benzene rings is 2. The topological polar surface area (TPSA) is 102 Å². The zero-order chi connectivity index (χ0) is 20.3. The van der Waals surface area contributed by atoms with E-state index in [9.17, 15) is 14.4 Å². The molecule has 0 aliphatic rings. The molecular weight excluding hydrogens is 360 g/mol. The van der Waals surface area contributed by atoms with E-state index in [4.69, 9.17) is 4.74 Å². The summed E-state index contributed by atoms with van der Waals surface area (Å²) in [4.78, 5) is 36.6. The van der Waals surface area contributed by atoms with Gasteiger partial charge in [0.25, 0.3) is 17.4 Å². The van der Waals surface area contributed by atoms with Crippen molar-refractivity contribution in [3.05, 3.63) is 69.6 Å². The van der Waals surface area contributed by atoms with Gasteiger partial charge in [-0.3, -0.25) is 25.2 Å². The summed E-state index contributed by atoms with van der Waals surface area (Å²) in [5, 5.41) is 4.78. The highest BCUT2D eigenvalue weighted by atomic mass is 16.5. The van der Waals surface area contributed by atoms with Crippen molar-refractivity contribution in [3.8, 4) is 5.75 Å². The number of fused-ring (bicyclic) bond motifs is 1. The minimum Gasteiger partial charge on any atom is -0.483 e. The van der Waals surface area contributed by atoms with Gasteiger partial charge in [0.1, 0.15) is 5.75 Å². The molecule has 0 atom stereocenters. The monoisotopic (exact) mass is 380 g/mol. The lowest BCUT2D eigenvalue weighted by molar-refractivity contribution is -0.123. The first-order valence-electron chi connectivity index (χ1n) is 8.62. The molecule has 0 saturated heterocycles. The zero-order valence-corrected chi connectivity index (χ0v) is 15.8. The lowest BCUT2D eigenvalue weighted by Crippen LogP contribution is -2.44. The lowest BCUT2D eigenvalue weighted by atomic mass is 10.1. The first-order valence-corrected chi connectivity index (χ1v) is 8.62. The first kappa shape index (κ1) is 19.1. The van der Waals surface area contributed by atoms with Crippen LogP contribution in [0.1, 0.15) is 21.6 Å². The smallest absolute Gasteiger partial charge is 0.290 e. The Kier molecular flexibility index (Phi) is 5.39. The molecule has 2 N–H and O–H groups in total. The third-order valence-corrected chi connectivity index (χ3v) is 4.19. The standard InChI is InChI=1S/C20H20N4O4/c1-12-8-9-13(2)16(10-12)28-11-17(25)21-22-19(26)18-14-6-4-5-7-15(14)20(27)24(3)23-18/h4-10H,11H2,1-3H3,(H,21,25)(H,22,26). The van der Waals surface area contributed by atoms with Gasteiger partial charge in [-0.2, -0.15) is 5.10 Å². The van der Waals surface area contributed by atoms with Crippen LogP contribution in [0.5, 0.6) is 5.75 Å². The van der Waals surface area contributed by atoms with Crippen molar-refractivity contribution in [1.82, 2.24) is 20.6 Å². The van der Waals surface area contributed by atoms with Crippen LogP contribution in [0.4, 0.5) is 0 Å². The maximum absolute atomic E-state index is 12.5. The lowest BCUT2D eigenvalue weighted by Gasteiger charge is -2.12. The van der Waals surface area contributed by atoms with Crippen molar-refractivity contribution in [2.45, 2.75) is 13.8 Å². The molecule has 0 unspecified atom stereocenters. The van der Waals surface area contributed by atoms with Gasteiger partial charge in [-0.1, -0.05) is 30.3 Å². The molecule has 0 saturated carbocycles. The van der Waals surface area contributed by atoms with E-state index in [0.717, 1.165) is 15.8 Å². The summed E-state index contributed by atoms with van der Waals surface area (Å²) in [5.74, 6) is -0.553. The van der Waals surface area contributed by atoms with Gasteiger partial charge < -0.3 is 4.74 Å². The Balaban J connectivity index is 1.67. The number of amides is 2. The summed E-state index contributed by atoms with van der Waals surface area (Å²) in [7, 11) is 1.46. The van der Waals surface area contributed by atoms with E-state index in [1.54, 1.807) is 24.3 Å². The van der Waals surface area contributed by atoms with Gasteiger partial charge in [0, 0.05) is 12.4 Å². The minimum atomic E-state index is -0.633. The third-order valence-electron chi connectivity index (χ3n) is 4.19. The van der Waals surface area contributed by atoms with E-state index < -0.39 is 11.8 Å². The molecule has 8 nitrogen and oxygen atoms in total. The van der Waals surface area contributed by atoms with E-state index >= 15 is 0 Å². The van der Waals surface area contributed by atoms with Crippen molar-refractivity contribution in [2.75, 3.05) is 6.61 Å². The first-order chi connectivity index (χ1) is 13.4. The fraction of sp³-hybridized carbons (Fsp3) is 0.200. The molecule has 3 rings (SSSR count). The van der Waals surface area contributed by atoms with Crippen LogP contribution < -0.4 is 21.1 Å². The molecule has 8 heteroatoms. The van der Waals surface area contributed by atoms with E-state index in [1.807, 2.05) is 32.0 Å². The van der Waals surface area contributed by atoms with Gasteiger partial charge >= 0.3 is 0 Å². The fourth-order valence-electron chi connectivity index (χ4n) is 2.70. The maximum Gasteiger partial charge on any atom is 0.290 e. The van der Waals surface area contributed by atoms with E-state index in [1.165, 1.54) is 7.05 Å². The second kappa shape index (κ2) is 7.91. The molecule has 0 aliphatic heterocycles. The molecule has 0 bridgehead atoms. The number of hydrogen-bond acceptors (Lipinski definition) is 5. The molecule has 1 heterocycles. The highest BCUT2D eigenvalue weighted by molar-refractivity contribution is 6.05. The molecule has 0 fully saturated rings. The van der Waals surface area contributed by atoms with E-state index in [0.29, 0.717) is 16.5 Å². The average molecular weight is 380 g/mol. The molecule has 0 radical (unpaired) electrons. The van der Waals surface area contributed by atoms with Crippen LogP contribution >= 0.6 is 0 Å². The Morgan fingerprint density at radius 3 is 2.54 bits per heavy atom. The highest BCUT2D eigenvalue weighted by Crippen LogP contribution is 2.18. The van der Waals surface area contributed by atoms with Crippen molar-refractivity contribution < 1.29 is 14.3 Å². The number of nitrogens with one attached hydrogen (secondary N) is 2. The molecule has 3 aromatic rings. The van der Waals surface area contributed by atoms with Gasteiger partial charge in [-0.05, 0) is 37.1 Å². The quantitative estimate of drug-likeness (QED) is 0.666. The Labute approximate surface area is 161 Å². The number of aromatic nitrogens is 2. The van der Waals surface area contributed by atoms with Crippen LogP contribution in [-0.4, -0.2) is 28.2 Å². The largest absolute Gasteiger partial charge is 0.483 e. The summed E-state index contributed by atoms with van der Waals surface area (Å²) < 4.78 is 6.58. The number of rotatable bonds is 4. The Hall–Kier alpha value is -3.68. The normalized spacial score (nSPS) is 10.5. The summed E-state index contributed by atoms with van der Waals surface area (Å²) >= 11 is 0. The second-order valence-electron chi connectivity index (χ2n) is 6.38. The number of aryl methyl sites for hydroxylation is 3. The maximum atomic E-state index is 12.5. The number of hydrazine groups is 1. The van der Waals surface area contributed by atoms with Gasteiger partial charge in [0.05, 0.1) is 5.39 Å². The van der Waals surface area contributed by atoms with Crippen molar-refractivity contribution in [2.24, 2.45) is 7.05 Å². The summed E-state index contributed by atoms with van der Waals surface area (Å²) in [6.45, 7) is 3.55. The highest BCUT2D eigenvalue weighted by Gasteiger charge is 2.16. The Bertz CT molecular complexity index is 1120. The van der Waals surface area contributed by atoms with Crippen LogP contribution in [0, 0.1) is 13.8 Å². The molecule has 144 valence electrons. The van der Waals surface area contributed by atoms with E-state index in [-0.39, 0.29) is 17.9 Å². The number of ether oxygens (including phenoxy) is 1. The van der Waals surface area contributed by atoms with Crippen molar-refractivity contribution in [1.29, 1.82) is 0 Å². The predicted molar refractivity (Wildman–Crippen MR) is 104 cm³/mol. The van der Waals surface area contributed by atoms with E-state index in [2.05, 4.69) is 16.0 Å². The molecule has 0 spiro atoms. The zero-order valence-electron chi connectivity index (χ0n) is 15.8. The SMILES string of the molecule is Cc1ccc(C)c(OCC(=O)NNC(=O)c2nn(C)c(=O)c3ccccc23)c1. The van der Waals surface area contributed by atoms with Gasteiger partial charge in [-0.25, -0.2) is 4.68 Å². The summed E-state index contributed by atoms with van der Waals surface area (Å²) in [6, 6.07) is 12.3. The third kappa shape index (κ3) is 4.01. The molecule has 0 aliphatic carbocycles. The Morgan fingerprint density at radius 2 is 1.79 bits per heavy atom. The van der Waals surface area contributed by atoms with Crippen LogP contribution in [0.25, 0.3) is 10.8 Å². The number of carbonyl (C=O) groups is 2. The average Bonchev–Trinajstić information content (AvgIpc) is 2.69. The molecule has 2 aromatic carbocycles. The number of nitrogens with zero attached hydrogens (tertiary/aromatic N) is 2. The summed E-state index contributed by atoms with van der Waals surface area (Å²) in [6.07, 6.45) is 0. The molecule has 28 heavy (non-hydrogen) atoms. The van der Waals surface area contributed by atoms with Crippen LogP contribution in [-0.2, 0) is 11.8 Å². The van der Waals surface area contributed by atoms with Crippen LogP contribution in [0.3, 0.4) is 0 Å². The van der Waals surface area contributed by atoms with Gasteiger partial charge in [0.2, 0.25) is 0 Å². The number of carbonyl (C=O) groups excluding carboxylic acids is 2. The molecular formula is C20H20N4O4. The molecule has 1 aromatic heterocycles. The van der Waals surface area contributed by atoms with Crippen molar-refractivity contribution in [3.63, 3.8) is 0 Å². The van der Waals surface area contributed by atoms with Crippen molar-refractivity contribution >= 4 is 22.6 Å². The fourth-order valence-corrected chi connectivity index (χ4v) is 2.70. The minimum absolute atomic E-state index is 0.0356. The summed E-state index contributed by atoms with van der Waals surface area (Å²) in [5.41, 5.74) is 6.25. The second-order valence-corrected chi connectivity index (χ2v) is 6.38.